The third-order valence-electron chi connectivity index (χ3n) is 1.50. The molecule has 14 heavy (non-hydrogen) atoms. The van der Waals surface area contributed by atoms with Crippen molar-refractivity contribution >= 4 is 5.78 Å². The van der Waals surface area contributed by atoms with Crippen molar-refractivity contribution < 1.29 is 52.0 Å². The Hall–Kier alpha value is 0.747. The van der Waals surface area contributed by atoms with Crippen molar-refractivity contribution in [3.8, 4) is 0 Å². The number of carbonyl (C=O) groups excluding carboxylic acids is 1. The summed E-state index contributed by atoms with van der Waals surface area (Å²) < 4.78 is 0. The molecule has 0 spiro atoms. The van der Waals surface area contributed by atoms with E-state index in [-0.39, 0.29) is 58.4 Å². The van der Waals surface area contributed by atoms with Gasteiger partial charge >= 0.3 is 0 Å². The number of hydrogen-bond donors (Lipinski definition) is 0. The maximum absolute atomic E-state index is 11.3. The molecule has 0 unspecified atom stereocenters. The van der Waals surface area contributed by atoms with Crippen LogP contribution in [0.15, 0.2) is 6.08 Å². The minimum atomic E-state index is -0.260. The first kappa shape index (κ1) is 20.2. The Bertz CT molecular complexity index is 178. The van der Waals surface area contributed by atoms with E-state index in [9.17, 15) is 4.79 Å². The van der Waals surface area contributed by atoms with Gasteiger partial charge in [-0.25, -0.2) is 0 Å². The average Bonchev–Trinajstić information content (AvgIpc) is 1.84. The zero-order valence-electron chi connectivity index (χ0n) is 9.77. The van der Waals surface area contributed by atoms with Crippen LogP contribution in [-0.2, 0) is 4.79 Å². The molecule has 0 saturated heterocycles. The van der Waals surface area contributed by atoms with Crippen LogP contribution in [0.25, 0.3) is 0 Å². The summed E-state index contributed by atoms with van der Waals surface area (Å²) >= 11 is 0. The summed E-state index contributed by atoms with van der Waals surface area (Å²) in [4.78, 5) is 11.3. The van der Waals surface area contributed by atoms with Crippen LogP contribution in [0.1, 0.15) is 41.0 Å². The van der Waals surface area contributed by atoms with Gasteiger partial charge in [0.1, 0.15) is 0 Å². The zero-order valence-corrected chi connectivity index (χ0v) is 12.9. The van der Waals surface area contributed by atoms with Crippen LogP contribution in [0.4, 0.5) is 0 Å². The van der Waals surface area contributed by atoms with E-state index < -0.39 is 0 Å². The van der Waals surface area contributed by atoms with Crippen LogP contribution in [0.5, 0.6) is 0 Å². The molecule has 0 aliphatic carbocycles. The Morgan fingerprint density at radius 2 is 1.79 bits per heavy atom. The third kappa shape index (κ3) is 10.8. The van der Waals surface area contributed by atoms with Gasteiger partial charge in [0.15, 0.2) is 0 Å². The van der Waals surface area contributed by atoms with Crippen molar-refractivity contribution in [1.29, 1.82) is 0 Å². The Labute approximate surface area is 121 Å². The minimum absolute atomic E-state index is 0. The molecule has 0 bridgehead atoms. The van der Waals surface area contributed by atoms with Crippen LogP contribution in [0.3, 0.4) is 0 Å². The molecular weight excluding hydrogens is 304 g/mol. The summed E-state index contributed by atoms with van der Waals surface area (Å²) in [5, 5.41) is 0. The molecule has 0 amide bonds. The molecule has 0 radical (unpaired) electrons. The van der Waals surface area contributed by atoms with Crippen molar-refractivity contribution in [3.05, 3.63) is 12.2 Å². The van der Waals surface area contributed by atoms with Crippen LogP contribution < -0.4 is 0 Å². The molecule has 82 valence electrons. The van der Waals surface area contributed by atoms with Crippen LogP contribution in [-0.4, -0.2) is 11.3 Å². The smallest absolute Gasteiger partial charge is 0.00581 e. The van der Waals surface area contributed by atoms with Gasteiger partial charge in [-0.2, -0.15) is 6.08 Å². The molecule has 3 heteroatoms. The molecule has 0 aliphatic rings. The Morgan fingerprint density at radius 1 is 1.36 bits per heavy atom. The molecule has 0 aromatic carbocycles. The quantitative estimate of drug-likeness (QED) is 0.579. The van der Waals surface area contributed by atoms with Crippen LogP contribution >= 0.6 is 0 Å². The van der Waals surface area contributed by atoms with Crippen molar-refractivity contribution in [2.75, 3.05) is 0 Å². The predicted molar refractivity (Wildman–Crippen MR) is 55.3 cm³/mol. The Balaban J connectivity index is -0.000000605. The van der Waals surface area contributed by atoms with Gasteiger partial charge in [0.2, 0.25) is 0 Å². The van der Waals surface area contributed by atoms with Crippen LogP contribution in [0, 0.1) is 59.2 Å². The van der Waals surface area contributed by atoms with E-state index in [1.807, 2.05) is 20.8 Å². The summed E-state index contributed by atoms with van der Waals surface area (Å²) in [6, 6.07) is 0. The second kappa shape index (κ2) is 9.01. The number of hydrogen-bond acceptors (Lipinski definition) is 1. The first-order chi connectivity index (χ1) is 5.34. The average molecular weight is 325 g/mol. The summed E-state index contributed by atoms with van der Waals surface area (Å²) in [5.74, 6) is 0.733. The summed E-state index contributed by atoms with van der Waals surface area (Å²) in [5.41, 5.74) is -0.260. The fraction of sp³-hybridized carbons (Fsp3) is 0.727. The van der Waals surface area contributed by atoms with E-state index in [1.165, 1.54) is 0 Å². The standard InChI is InChI=1S/C11H19O.Ce.H2O/c1-9(2)7-6-8-10(12)11(3,4)5;;/h8-9H,7H2,1-5H3;;1H2/q-1;;. The molecule has 0 atom stereocenters. The van der Waals surface area contributed by atoms with Gasteiger partial charge < -0.3 is 10.3 Å². The maximum Gasteiger partial charge on any atom is 0.00581 e. The molecule has 0 rings (SSSR count). The number of carbonyl (C=O) groups is 1. The largest absolute Gasteiger partial charge is 0.412 e. The number of ketones is 1. The SMILES string of the molecule is CC(C)C[C-]=CC(=O)C(C)(C)C.O.[Ce]. The van der Waals surface area contributed by atoms with E-state index in [4.69, 9.17) is 0 Å². The molecular formula is C11H21CeO2-. The van der Waals surface area contributed by atoms with Crippen molar-refractivity contribution in [2.45, 2.75) is 41.0 Å². The van der Waals surface area contributed by atoms with Gasteiger partial charge in [-0.3, -0.25) is 6.08 Å². The third-order valence-corrected chi connectivity index (χ3v) is 1.50. The van der Waals surface area contributed by atoms with E-state index in [0.717, 1.165) is 6.42 Å². The van der Waals surface area contributed by atoms with Crippen molar-refractivity contribution in [1.82, 2.24) is 0 Å². The van der Waals surface area contributed by atoms with Gasteiger partial charge in [0, 0.05) is 47.5 Å². The number of rotatable bonds is 3. The van der Waals surface area contributed by atoms with Gasteiger partial charge in [-0.05, 0) is 5.41 Å². The second-order valence-corrected chi connectivity index (χ2v) is 4.56. The van der Waals surface area contributed by atoms with Crippen molar-refractivity contribution in [3.63, 3.8) is 0 Å². The normalized spacial score (nSPS) is 11.0. The van der Waals surface area contributed by atoms with Gasteiger partial charge in [-0.1, -0.05) is 40.5 Å². The van der Waals surface area contributed by atoms with E-state index >= 15 is 0 Å². The fourth-order valence-corrected chi connectivity index (χ4v) is 0.604. The number of allylic oxidation sites excluding steroid dienone is 2. The van der Waals surface area contributed by atoms with Gasteiger partial charge in [0.25, 0.3) is 0 Å². The van der Waals surface area contributed by atoms with Gasteiger partial charge in [0.05, 0.1) is 0 Å². The van der Waals surface area contributed by atoms with E-state index in [2.05, 4.69) is 19.9 Å². The molecule has 0 heterocycles. The molecule has 0 saturated carbocycles. The molecule has 0 aromatic heterocycles. The van der Waals surface area contributed by atoms with E-state index in [1.54, 1.807) is 6.08 Å². The molecule has 2 N–H and O–H groups in total. The molecule has 0 aliphatic heterocycles. The van der Waals surface area contributed by atoms with Gasteiger partial charge in [-0.15, -0.1) is 6.42 Å². The summed E-state index contributed by atoms with van der Waals surface area (Å²) in [6.07, 6.45) is 5.46. The molecule has 2 nitrogen and oxygen atoms in total. The van der Waals surface area contributed by atoms with Crippen LogP contribution in [0.2, 0.25) is 0 Å². The zero-order chi connectivity index (χ0) is 9.78. The Morgan fingerprint density at radius 3 is 2.07 bits per heavy atom. The Kier molecular flexibility index (Phi) is 13.0. The fourth-order valence-electron chi connectivity index (χ4n) is 0.604. The first-order valence-corrected chi connectivity index (χ1v) is 4.45. The topological polar surface area (TPSA) is 48.6 Å². The minimum Gasteiger partial charge on any atom is -0.412 e. The van der Waals surface area contributed by atoms with Crippen molar-refractivity contribution in [2.24, 2.45) is 11.3 Å². The van der Waals surface area contributed by atoms with E-state index in [0.29, 0.717) is 5.92 Å². The first-order valence-electron chi connectivity index (χ1n) is 4.45. The summed E-state index contributed by atoms with van der Waals surface area (Å²) in [6.45, 7) is 9.99. The maximum atomic E-state index is 11.3. The molecule has 0 aromatic rings. The predicted octanol–water partition coefficient (Wildman–Crippen LogP) is 2.18. The second-order valence-electron chi connectivity index (χ2n) is 4.56. The monoisotopic (exact) mass is 325 g/mol. The molecule has 0 fully saturated rings. The summed E-state index contributed by atoms with van der Waals surface area (Å²) in [7, 11) is 0.